The van der Waals surface area contributed by atoms with Crippen LogP contribution in [0.4, 0.5) is 0 Å². The fraction of sp³-hybridized carbons (Fsp3) is 0.818. The summed E-state index contributed by atoms with van der Waals surface area (Å²) >= 11 is 0. The highest BCUT2D eigenvalue weighted by Gasteiger charge is 1.99. The van der Waals surface area contributed by atoms with Crippen LogP contribution < -0.4 is 5.32 Å². The first-order valence-corrected chi connectivity index (χ1v) is 5.19. The van der Waals surface area contributed by atoms with E-state index in [0.29, 0.717) is 6.04 Å². The fourth-order valence-electron chi connectivity index (χ4n) is 1.22. The molecule has 0 rings (SSSR count). The van der Waals surface area contributed by atoms with Crippen LogP contribution in [0.3, 0.4) is 0 Å². The number of aliphatic hydroxyl groups excluding tert-OH is 1. The summed E-state index contributed by atoms with van der Waals surface area (Å²) < 4.78 is 0. The van der Waals surface area contributed by atoms with Crippen molar-refractivity contribution in [3.63, 3.8) is 0 Å². The Balaban J connectivity index is 3.16. The van der Waals surface area contributed by atoms with Gasteiger partial charge in [-0.1, -0.05) is 6.08 Å². The number of hydrogen-bond donors (Lipinski definition) is 2. The third-order valence-electron chi connectivity index (χ3n) is 2.10. The van der Waals surface area contributed by atoms with Crippen LogP contribution in [-0.2, 0) is 0 Å². The largest absolute Gasteiger partial charge is 0.393 e. The van der Waals surface area contributed by atoms with Gasteiger partial charge in [0.25, 0.3) is 0 Å². The Hall–Kier alpha value is -0.340. The second-order valence-electron chi connectivity index (χ2n) is 3.71. The maximum absolute atomic E-state index is 9.02. The van der Waals surface area contributed by atoms with Gasteiger partial charge in [-0.3, -0.25) is 0 Å². The third kappa shape index (κ3) is 9.57. The van der Waals surface area contributed by atoms with Crippen molar-refractivity contribution in [2.75, 3.05) is 6.54 Å². The predicted molar refractivity (Wildman–Crippen MR) is 57.8 cm³/mol. The summed E-state index contributed by atoms with van der Waals surface area (Å²) in [6.07, 6.45) is 5.96. The van der Waals surface area contributed by atoms with Gasteiger partial charge in [-0.2, -0.15) is 0 Å². The third-order valence-corrected chi connectivity index (χ3v) is 2.10. The highest BCUT2D eigenvalue weighted by molar-refractivity contribution is 4.70. The Morgan fingerprint density at radius 3 is 2.62 bits per heavy atom. The van der Waals surface area contributed by atoms with Crippen LogP contribution in [0.5, 0.6) is 0 Å². The van der Waals surface area contributed by atoms with Crippen molar-refractivity contribution in [1.82, 2.24) is 5.32 Å². The number of rotatable bonds is 8. The van der Waals surface area contributed by atoms with Gasteiger partial charge in [0, 0.05) is 6.04 Å². The van der Waals surface area contributed by atoms with Crippen molar-refractivity contribution in [3.05, 3.63) is 12.7 Å². The molecule has 0 aromatic heterocycles. The quantitative estimate of drug-likeness (QED) is 0.448. The smallest absolute Gasteiger partial charge is 0.0512 e. The molecule has 2 heteroatoms. The lowest BCUT2D eigenvalue weighted by molar-refractivity contribution is 0.181. The SMILES string of the molecule is C=CCCC(C)NCCCC(C)O. The summed E-state index contributed by atoms with van der Waals surface area (Å²) in [7, 11) is 0. The molecule has 0 aliphatic heterocycles. The first-order valence-electron chi connectivity index (χ1n) is 5.19. The summed E-state index contributed by atoms with van der Waals surface area (Å²) in [5.41, 5.74) is 0. The molecule has 0 aliphatic carbocycles. The highest BCUT2D eigenvalue weighted by Crippen LogP contribution is 1.98. The molecule has 13 heavy (non-hydrogen) atoms. The van der Waals surface area contributed by atoms with E-state index >= 15 is 0 Å². The minimum Gasteiger partial charge on any atom is -0.393 e. The average Bonchev–Trinajstić information content (AvgIpc) is 2.08. The zero-order valence-electron chi connectivity index (χ0n) is 8.92. The van der Waals surface area contributed by atoms with Crippen LogP contribution in [0.2, 0.25) is 0 Å². The Bertz CT molecular complexity index is 123. The normalized spacial score (nSPS) is 15.3. The van der Waals surface area contributed by atoms with Gasteiger partial charge in [-0.25, -0.2) is 0 Å². The van der Waals surface area contributed by atoms with Crippen molar-refractivity contribution in [1.29, 1.82) is 0 Å². The van der Waals surface area contributed by atoms with Crippen molar-refractivity contribution >= 4 is 0 Å². The Morgan fingerprint density at radius 2 is 2.08 bits per heavy atom. The van der Waals surface area contributed by atoms with Gasteiger partial charge in [0.05, 0.1) is 6.10 Å². The standard InChI is InChI=1S/C11H23NO/c1-4-5-7-10(2)12-9-6-8-11(3)13/h4,10-13H,1,5-9H2,2-3H3. The van der Waals surface area contributed by atoms with Gasteiger partial charge < -0.3 is 10.4 Å². The number of allylic oxidation sites excluding steroid dienone is 1. The second-order valence-corrected chi connectivity index (χ2v) is 3.71. The van der Waals surface area contributed by atoms with Gasteiger partial charge in [-0.05, 0) is 46.1 Å². The summed E-state index contributed by atoms with van der Waals surface area (Å²) in [5, 5.41) is 12.4. The van der Waals surface area contributed by atoms with E-state index in [1.807, 2.05) is 13.0 Å². The molecule has 0 aromatic carbocycles. The molecule has 0 saturated heterocycles. The van der Waals surface area contributed by atoms with Gasteiger partial charge in [-0.15, -0.1) is 6.58 Å². The minimum absolute atomic E-state index is 0.162. The zero-order valence-corrected chi connectivity index (χ0v) is 8.92. The lowest BCUT2D eigenvalue weighted by atomic mass is 10.1. The summed E-state index contributed by atoms with van der Waals surface area (Å²) in [5.74, 6) is 0. The molecule has 0 bridgehead atoms. The molecule has 2 nitrogen and oxygen atoms in total. The number of aliphatic hydroxyl groups is 1. The minimum atomic E-state index is -0.162. The van der Waals surface area contributed by atoms with Crippen LogP contribution in [0.25, 0.3) is 0 Å². The first-order chi connectivity index (χ1) is 6.16. The highest BCUT2D eigenvalue weighted by atomic mass is 16.3. The van der Waals surface area contributed by atoms with Crippen LogP contribution in [-0.4, -0.2) is 23.8 Å². The molecule has 0 fully saturated rings. The topological polar surface area (TPSA) is 32.3 Å². The molecule has 2 N–H and O–H groups in total. The molecular weight excluding hydrogens is 162 g/mol. The van der Waals surface area contributed by atoms with E-state index in [1.165, 1.54) is 0 Å². The lowest BCUT2D eigenvalue weighted by Gasteiger charge is -2.12. The van der Waals surface area contributed by atoms with E-state index < -0.39 is 0 Å². The van der Waals surface area contributed by atoms with E-state index in [0.717, 1.165) is 32.2 Å². The van der Waals surface area contributed by atoms with Gasteiger partial charge in [0.1, 0.15) is 0 Å². The molecular formula is C11H23NO. The van der Waals surface area contributed by atoms with Crippen LogP contribution in [0.1, 0.15) is 39.5 Å². The maximum atomic E-state index is 9.02. The molecule has 0 radical (unpaired) electrons. The summed E-state index contributed by atoms with van der Waals surface area (Å²) in [6.45, 7) is 8.72. The molecule has 0 aromatic rings. The van der Waals surface area contributed by atoms with Gasteiger partial charge in [0.2, 0.25) is 0 Å². The molecule has 2 unspecified atom stereocenters. The zero-order chi connectivity index (χ0) is 10.1. The maximum Gasteiger partial charge on any atom is 0.0512 e. The first kappa shape index (κ1) is 12.7. The van der Waals surface area contributed by atoms with E-state index in [1.54, 1.807) is 0 Å². The van der Waals surface area contributed by atoms with E-state index in [9.17, 15) is 0 Å². The van der Waals surface area contributed by atoms with Crippen molar-refractivity contribution in [2.24, 2.45) is 0 Å². The second kappa shape index (κ2) is 8.27. The van der Waals surface area contributed by atoms with Gasteiger partial charge in [0.15, 0.2) is 0 Å². The fourth-order valence-corrected chi connectivity index (χ4v) is 1.22. The summed E-state index contributed by atoms with van der Waals surface area (Å²) in [6, 6.07) is 0.562. The Labute approximate surface area is 82.0 Å². The molecule has 78 valence electrons. The number of hydrogen-bond acceptors (Lipinski definition) is 2. The molecule has 0 aliphatic rings. The molecule has 0 heterocycles. The Morgan fingerprint density at radius 1 is 1.38 bits per heavy atom. The van der Waals surface area contributed by atoms with Gasteiger partial charge >= 0.3 is 0 Å². The van der Waals surface area contributed by atoms with Crippen molar-refractivity contribution in [2.45, 2.75) is 51.7 Å². The van der Waals surface area contributed by atoms with Crippen LogP contribution in [0.15, 0.2) is 12.7 Å². The molecule has 0 spiro atoms. The number of nitrogens with one attached hydrogen (secondary N) is 1. The van der Waals surface area contributed by atoms with Crippen molar-refractivity contribution in [3.8, 4) is 0 Å². The van der Waals surface area contributed by atoms with Crippen LogP contribution >= 0.6 is 0 Å². The van der Waals surface area contributed by atoms with E-state index in [-0.39, 0.29) is 6.10 Å². The lowest BCUT2D eigenvalue weighted by Crippen LogP contribution is -2.27. The van der Waals surface area contributed by atoms with Crippen molar-refractivity contribution < 1.29 is 5.11 Å². The average molecular weight is 185 g/mol. The molecule has 2 atom stereocenters. The monoisotopic (exact) mass is 185 g/mol. The van der Waals surface area contributed by atoms with E-state index in [4.69, 9.17) is 5.11 Å². The molecule has 0 amide bonds. The Kier molecular flexibility index (Phi) is 8.05. The summed E-state index contributed by atoms with van der Waals surface area (Å²) in [4.78, 5) is 0. The van der Waals surface area contributed by atoms with Crippen LogP contribution in [0, 0.1) is 0 Å². The van der Waals surface area contributed by atoms with E-state index in [2.05, 4.69) is 18.8 Å². The predicted octanol–water partition coefficient (Wildman–Crippen LogP) is 2.09. The molecule has 0 saturated carbocycles.